The Labute approximate surface area is 117 Å². The van der Waals surface area contributed by atoms with Gasteiger partial charge in [-0.3, -0.25) is 0 Å². The number of methoxy groups -OCH3 is 1. The van der Waals surface area contributed by atoms with Crippen molar-refractivity contribution in [2.75, 3.05) is 7.11 Å². The lowest BCUT2D eigenvalue weighted by Crippen LogP contribution is -1.91. The zero-order valence-electron chi connectivity index (χ0n) is 11.6. The first-order valence-electron chi connectivity index (χ1n) is 6.61. The van der Waals surface area contributed by atoms with Crippen LogP contribution in [0.1, 0.15) is 25.7 Å². The van der Waals surface area contributed by atoms with Crippen LogP contribution in [-0.2, 0) is 0 Å². The summed E-state index contributed by atoms with van der Waals surface area (Å²) in [4.78, 5) is 4.47. The van der Waals surface area contributed by atoms with Crippen LogP contribution in [0.15, 0.2) is 46.5 Å². The molecule has 1 aromatic heterocycles. The second kappa shape index (κ2) is 5.33. The number of hydrogen-bond acceptors (Lipinski definition) is 4. The van der Waals surface area contributed by atoms with Crippen LogP contribution in [-0.4, -0.2) is 17.3 Å². The summed E-state index contributed by atoms with van der Waals surface area (Å²) in [7, 11) is 1.65. The quantitative estimate of drug-likeness (QED) is 0.847. The van der Waals surface area contributed by atoms with Gasteiger partial charge in [-0.15, -0.1) is 0 Å². The highest BCUT2D eigenvalue weighted by atomic mass is 16.5. The van der Waals surface area contributed by atoms with Crippen LogP contribution < -0.4 is 4.74 Å². The lowest BCUT2D eigenvalue weighted by atomic mass is 10.00. The predicted octanol–water partition coefficient (Wildman–Crippen LogP) is 3.87. The van der Waals surface area contributed by atoms with Crippen molar-refractivity contribution in [2.45, 2.75) is 19.8 Å². The van der Waals surface area contributed by atoms with Crippen molar-refractivity contribution in [3.8, 4) is 17.1 Å². The van der Waals surface area contributed by atoms with Gasteiger partial charge in [0.15, 0.2) is 0 Å². The molecule has 4 heteroatoms. The first-order chi connectivity index (χ1) is 9.76. The third kappa shape index (κ3) is 2.50. The fourth-order valence-electron chi connectivity index (χ4n) is 2.13. The van der Waals surface area contributed by atoms with E-state index in [1.165, 1.54) is 5.57 Å². The number of rotatable bonds is 3. The van der Waals surface area contributed by atoms with Gasteiger partial charge in [-0.1, -0.05) is 22.9 Å². The van der Waals surface area contributed by atoms with E-state index in [-0.39, 0.29) is 0 Å². The third-order valence-electron chi connectivity index (χ3n) is 3.41. The van der Waals surface area contributed by atoms with Crippen LogP contribution in [0.25, 0.3) is 17.0 Å². The summed E-state index contributed by atoms with van der Waals surface area (Å²) in [6.07, 6.45) is 6.17. The van der Waals surface area contributed by atoms with Crippen molar-refractivity contribution in [3.63, 3.8) is 0 Å². The molecule has 1 aliphatic rings. The van der Waals surface area contributed by atoms with Crippen LogP contribution in [0.2, 0.25) is 0 Å². The molecular formula is C16H16N2O2. The Morgan fingerprint density at radius 2 is 1.90 bits per heavy atom. The van der Waals surface area contributed by atoms with E-state index in [4.69, 9.17) is 9.26 Å². The Kier molecular flexibility index (Phi) is 3.37. The van der Waals surface area contributed by atoms with Crippen LogP contribution in [0.5, 0.6) is 5.75 Å². The van der Waals surface area contributed by atoms with Crippen molar-refractivity contribution in [1.82, 2.24) is 10.1 Å². The van der Waals surface area contributed by atoms with Crippen molar-refractivity contribution in [3.05, 3.63) is 47.9 Å². The molecule has 1 heterocycles. The van der Waals surface area contributed by atoms with E-state index in [0.29, 0.717) is 11.7 Å². The summed E-state index contributed by atoms with van der Waals surface area (Å²) in [6, 6.07) is 7.62. The highest BCUT2D eigenvalue weighted by molar-refractivity contribution is 5.65. The van der Waals surface area contributed by atoms with Gasteiger partial charge >= 0.3 is 0 Å². The average Bonchev–Trinajstić information content (AvgIpc) is 2.98. The number of hydrogen-bond donors (Lipinski definition) is 0. The summed E-state index contributed by atoms with van der Waals surface area (Å²) in [5, 5.41) is 4.05. The highest BCUT2D eigenvalue weighted by Gasteiger charge is 2.14. The van der Waals surface area contributed by atoms with E-state index in [2.05, 4.69) is 29.2 Å². The van der Waals surface area contributed by atoms with Gasteiger partial charge in [0, 0.05) is 11.1 Å². The molecule has 0 radical (unpaired) electrons. The lowest BCUT2D eigenvalue weighted by Gasteiger charge is -2.07. The highest BCUT2D eigenvalue weighted by Crippen LogP contribution is 2.27. The molecule has 0 bridgehead atoms. The van der Waals surface area contributed by atoms with E-state index in [1.807, 2.05) is 24.3 Å². The van der Waals surface area contributed by atoms with Crippen LogP contribution in [0, 0.1) is 0 Å². The number of nitrogens with zero attached hydrogens (tertiary/aromatic N) is 2. The SMILES string of the molecule is COc1ccc(-c2noc(C3=CC=C(C)CC3)n2)cc1. The van der Waals surface area contributed by atoms with Gasteiger partial charge in [0.1, 0.15) is 5.75 Å². The average molecular weight is 268 g/mol. The van der Waals surface area contributed by atoms with E-state index in [1.54, 1.807) is 7.11 Å². The molecule has 0 unspecified atom stereocenters. The van der Waals surface area contributed by atoms with Crippen molar-refractivity contribution < 1.29 is 9.26 Å². The van der Waals surface area contributed by atoms with Gasteiger partial charge in [-0.05, 0) is 44.0 Å². The lowest BCUT2D eigenvalue weighted by molar-refractivity contribution is 0.406. The Bertz CT molecular complexity index is 666. The molecule has 102 valence electrons. The van der Waals surface area contributed by atoms with Crippen LogP contribution >= 0.6 is 0 Å². The fraction of sp³-hybridized carbons (Fsp3) is 0.250. The van der Waals surface area contributed by atoms with Gasteiger partial charge in [0.05, 0.1) is 7.11 Å². The molecule has 0 aliphatic heterocycles. The standard InChI is InChI=1S/C16H16N2O2/c1-11-3-5-13(6-4-11)16-17-15(18-20-16)12-7-9-14(19-2)10-8-12/h3,5,7-10H,4,6H2,1-2H3. The summed E-state index contributed by atoms with van der Waals surface area (Å²) in [5.41, 5.74) is 3.40. The van der Waals surface area contributed by atoms with Gasteiger partial charge in [0.25, 0.3) is 5.89 Å². The number of allylic oxidation sites excluding steroid dienone is 4. The Morgan fingerprint density at radius 3 is 2.55 bits per heavy atom. The Morgan fingerprint density at radius 1 is 1.10 bits per heavy atom. The van der Waals surface area contributed by atoms with Crippen LogP contribution in [0.3, 0.4) is 0 Å². The summed E-state index contributed by atoms with van der Waals surface area (Å²) >= 11 is 0. The largest absolute Gasteiger partial charge is 0.497 e. The molecule has 1 aromatic carbocycles. The monoisotopic (exact) mass is 268 g/mol. The molecule has 0 spiro atoms. The van der Waals surface area contributed by atoms with E-state index >= 15 is 0 Å². The maximum absolute atomic E-state index is 5.36. The minimum Gasteiger partial charge on any atom is -0.497 e. The van der Waals surface area contributed by atoms with E-state index in [0.717, 1.165) is 29.7 Å². The minimum absolute atomic E-state index is 0.606. The molecule has 20 heavy (non-hydrogen) atoms. The normalized spacial score (nSPS) is 14.7. The van der Waals surface area contributed by atoms with Crippen molar-refractivity contribution in [1.29, 1.82) is 0 Å². The van der Waals surface area contributed by atoms with Gasteiger partial charge < -0.3 is 9.26 Å². The smallest absolute Gasteiger partial charge is 0.254 e. The maximum Gasteiger partial charge on any atom is 0.254 e. The second-order valence-corrected chi connectivity index (χ2v) is 4.86. The molecule has 0 amide bonds. The third-order valence-corrected chi connectivity index (χ3v) is 3.41. The first kappa shape index (κ1) is 12.7. The molecule has 3 rings (SSSR count). The molecule has 1 aliphatic carbocycles. The molecular weight excluding hydrogens is 252 g/mol. The molecule has 0 fully saturated rings. The summed E-state index contributed by atoms with van der Waals surface area (Å²) in [6.45, 7) is 2.13. The van der Waals surface area contributed by atoms with Gasteiger partial charge in [-0.25, -0.2) is 0 Å². The Hall–Kier alpha value is -2.36. The topological polar surface area (TPSA) is 48.2 Å². The van der Waals surface area contributed by atoms with Crippen LogP contribution in [0.4, 0.5) is 0 Å². The molecule has 0 atom stereocenters. The molecule has 0 N–H and O–H groups in total. The molecule has 2 aromatic rings. The summed E-state index contributed by atoms with van der Waals surface area (Å²) < 4.78 is 10.5. The number of benzene rings is 1. The Balaban J connectivity index is 1.86. The minimum atomic E-state index is 0.606. The number of ether oxygens (including phenoxy) is 1. The summed E-state index contributed by atoms with van der Waals surface area (Å²) in [5.74, 6) is 2.03. The fourth-order valence-corrected chi connectivity index (χ4v) is 2.13. The van der Waals surface area contributed by atoms with Crippen molar-refractivity contribution >= 4 is 5.57 Å². The first-order valence-corrected chi connectivity index (χ1v) is 6.61. The molecule has 0 saturated carbocycles. The van der Waals surface area contributed by atoms with E-state index < -0.39 is 0 Å². The van der Waals surface area contributed by atoms with E-state index in [9.17, 15) is 0 Å². The molecule has 0 saturated heterocycles. The zero-order valence-corrected chi connectivity index (χ0v) is 11.6. The molecule has 4 nitrogen and oxygen atoms in total. The van der Waals surface area contributed by atoms with Gasteiger partial charge in [0.2, 0.25) is 5.82 Å². The second-order valence-electron chi connectivity index (χ2n) is 4.86. The number of aromatic nitrogens is 2. The maximum atomic E-state index is 5.36. The predicted molar refractivity (Wildman–Crippen MR) is 77.3 cm³/mol. The van der Waals surface area contributed by atoms with Gasteiger partial charge in [-0.2, -0.15) is 4.98 Å². The van der Waals surface area contributed by atoms with Crippen molar-refractivity contribution in [2.24, 2.45) is 0 Å². The zero-order chi connectivity index (χ0) is 13.9.